The second kappa shape index (κ2) is 5.18. The fourth-order valence-electron chi connectivity index (χ4n) is 3.96. The van der Waals surface area contributed by atoms with E-state index in [0.29, 0.717) is 16.5 Å². The van der Waals surface area contributed by atoms with Crippen LogP contribution < -0.4 is 4.90 Å². The first kappa shape index (κ1) is 14.7. The van der Waals surface area contributed by atoms with Crippen molar-refractivity contribution in [3.05, 3.63) is 36.2 Å². The molecule has 6 nitrogen and oxygen atoms in total. The molecular weight excluding hydrogens is 316 g/mol. The largest absolute Gasteiger partial charge is 0.465 e. The summed E-state index contributed by atoms with van der Waals surface area (Å²) in [6.07, 6.45) is 8.82. The van der Waals surface area contributed by atoms with Gasteiger partial charge in [0.25, 0.3) is 0 Å². The first-order chi connectivity index (χ1) is 12.2. The van der Waals surface area contributed by atoms with Gasteiger partial charge in [-0.05, 0) is 49.3 Å². The van der Waals surface area contributed by atoms with Crippen LogP contribution in [-0.4, -0.2) is 40.5 Å². The van der Waals surface area contributed by atoms with Gasteiger partial charge >= 0.3 is 5.97 Å². The molecule has 6 heteroatoms. The molecule has 1 saturated heterocycles. The van der Waals surface area contributed by atoms with Gasteiger partial charge in [-0.2, -0.15) is 0 Å². The number of fused-ring (bicyclic) bond motifs is 3. The highest BCUT2D eigenvalue weighted by Crippen LogP contribution is 2.54. The number of hydrogen-bond donors (Lipinski definition) is 0. The lowest BCUT2D eigenvalue weighted by Gasteiger charge is -2.33. The highest BCUT2D eigenvalue weighted by molar-refractivity contribution is 5.93. The standard InChI is InChI=1S/C19H20N4O2/c1-25-18(24)13-11-14-16(20-12-13)23-8-2-3-15(23)17(21-14)22-9-6-19(4-5-19)7-10-22/h2-3,8,11-12H,4-7,9-10H2,1H3. The molecule has 0 amide bonds. The molecule has 0 unspecified atom stereocenters. The summed E-state index contributed by atoms with van der Waals surface area (Å²) in [5.74, 6) is 0.593. The van der Waals surface area contributed by atoms with Crippen LogP contribution in [-0.2, 0) is 4.74 Å². The van der Waals surface area contributed by atoms with E-state index in [1.807, 2.05) is 12.3 Å². The van der Waals surface area contributed by atoms with E-state index in [-0.39, 0.29) is 5.97 Å². The molecular formula is C19H20N4O2. The maximum absolute atomic E-state index is 11.8. The SMILES string of the molecule is COC(=O)c1cnc2c(c1)nc(N1CCC3(CC1)CC3)c1cccn12. The summed E-state index contributed by atoms with van der Waals surface area (Å²) in [5.41, 5.74) is 3.60. The van der Waals surface area contributed by atoms with Crippen molar-refractivity contribution < 1.29 is 9.53 Å². The zero-order valence-corrected chi connectivity index (χ0v) is 14.2. The number of anilines is 1. The molecule has 4 heterocycles. The van der Waals surface area contributed by atoms with Crippen LogP contribution in [0.5, 0.6) is 0 Å². The number of carbonyl (C=O) groups is 1. The number of nitrogens with zero attached hydrogens (tertiary/aromatic N) is 4. The van der Waals surface area contributed by atoms with Gasteiger partial charge in [0.1, 0.15) is 5.52 Å². The zero-order chi connectivity index (χ0) is 17.0. The van der Waals surface area contributed by atoms with Crippen molar-refractivity contribution >= 4 is 28.5 Å². The number of rotatable bonds is 2. The minimum absolute atomic E-state index is 0.390. The van der Waals surface area contributed by atoms with E-state index in [0.717, 1.165) is 30.1 Å². The molecule has 0 radical (unpaired) electrons. The fraction of sp³-hybridized carbons (Fsp3) is 0.421. The van der Waals surface area contributed by atoms with E-state index in [2.05, 4.69) is 20.4 Å². The first-order valence-corrected chi connectivity index (χ1v) is 8.79. The van der Waals surface area contributed by atoms with Crippen molar-refractivity contribution in [2.75, 3.05) is 25.1 Å². The van der Waals surface area contributed by atoms with Gasteiger partial charge in [0.05, 0.1) is 18.2 Å². The Morgan fingerprint density at radius 2 is 2.04 bits per heavy atom. The van der Waals surface area contributed by atoms with Crippen LogP contribution in [0.1, 0.15) is 36.0 Å². The van der Waals surface area contributed by atoms with Crippen LogP contribution in [0.2, 0.25) is 0 Å². The predicted molar refractivity (Wildman–Crippen MR) is 94.9 cm³/mol. The summed E-state index contributed by atoms with van der Waals surface area (Å²) < 4.78 is 6.87. The van der Waals surface area contributed by atoms with Gasteiger partial charge in [-0.1, -0.05) is 0 Å². The van der Waals surface area contributed by atoms with Crippen LogP contribution in [0.25, 0.3) is 16.7 Å². The van der Waals surface area contributed by atoms with Crippen molar-refractivity contribution in [2.24, 2.45) is 5.41 Å². The van der Waals surface area contributed by atoms with Crippen molar-refractivity contribution in [3.63, 3.8) is 0 Å². The molecule has 128 valence electrons. The van der Waals surface area contributed by atoms with Crippen molar-refractivity contribution in [1.82, 2.24) is 14.4 Å². The Balaban J connectivity index is 1.63. The van der Waals surface area contributed by atoms with Crippen LogP contribution in [0.4, 0.5) is 5.82 Å². The monoisotopic (exact) mass is 336 g/mol. The number of pyridine rings is 1. The molecule has 0 N–H and O–H groups in total. The number of methoxy groups -OCH3 is 1. The minimum Gasteiger partial charge on any atom is -0.465 e. The molecule has 0 bridgehead atoms. The highest BCUT2D eigenvalue weighted by atomic mass is 16.5. The molecule has 1 aliphatic carbocycles. The van der Waals surface area contributed by atoms with Crippen molar-refractivity contribution in [3.8, 4) is 0 Å². The van der Waals surface area contributed by atoms with E-state index in [1.165, 1.54) is 32.8 Å². The molecule has 3 aromatic rings. The summed E-state index contributed by atoms with van der Waals surface area (Å²) in [6.45, 7) is 2.09. The molecule has 1 saturated carbocycles. The Labute approximate surface area is 145 Å². The van der Waals surface area contributed by atoms with E-state index in [1.54, 1.807) is 12.3 Å². The van der Waals surface area contributed by atoms with Gasteiger partial charge < -0.3 is 9.64 Å². The third-order valence-corrected chi connectivity index (χ3v) is 5.78. The molecule has 5 rings (SSSR count). The third-order valence-electron chi connectivity index (χ3n) is 5.78. The van der Waals surface area contributed by atoms with Gasteiger partial charge in [0.2, 0.25) is 0 Å². The van der Waals surface area contributed by atoms with Gasteiger partial charge in [0.15, 0.2) is 11.5 Å². The van der Waals surface area contributed by atoms with Crippen LogP contribution >= 0.6 is 0 Å². The van der Waals surface area contributed by atoms with E-state index >= 15 is 0 Å². The fourth-order valence-corrected chi connectivity index (χ4v) is 3.96. The van der Waals surface area contributed by atoms with Crippen LogP contribution in [0.15, 0.2) is 30.6 Å². The topological polar surface area (TPSA) is 59.7 Å². The lowest BCUT2D eigenvalue weighted by Crippen LogP contribution is -2.35. The van der Waals surface area contributed by atoms with E-state index < -0.39 is 0 Å². The van der Waals surface area contributed by atoms with E-state index in [9.17, 15) is 4.79 Å². The Kier molecular flexibility index (Phi) is 3.04. The number of esters is 1. The molecule has 0 aromatic carbocycles. The molecule has 2 fully saturated rings. The lowest BCUT2D eigenvalue weighted by molar-refractivity contribution is 0.0600. The van der Waals surface area contributed by atoms with Crippen LogP contribution in [0.3, 0.4) is 0 Å². The molecule has 0 atom stereocenters. The van der Waals surface area contributed by atoms with Gasteiger partial charge in [-0.15, -0.1) is 0 Å². The molecule has 2 aliphatic rings. The smallest absolute Gasteiger partial charge is 0.339 e. The second-order valence-electron chi connectivity index (χ2n) is 7.24. The highest BCUT2D eigenvalue weighted by Gasteiger charge is 2.44. The van der Waals surface area contributed by atoms with Crippen molar-refractivity contribution in [2.45, 2.75) is 25.7 Å². The Morgan fingerprint density at radius 1 is 1.24 bits per heavy atom. The quantitative estimate of drug-likeness (QED) is 0.673. The summed E-state index contributed by atoms with van der Waals surface area (Å²) in [7, 11) is 1.38. The Bertz CT molecular complexity index is 980. The third kappa shape index (κ3) is 2.27. The second-order valence-corrected chi connectivity index (χ2v) is 7.24. The molecule has 1 aliphatic heterocycles. The number of ether oxygens (including phenoxy) is 1. The molecule has 25 heavy (non-hydrogen) atoms. The number of aromatic nitrogens is 3. The molecule has 1 spiro atoms. The first-order valence-electron chi connectivity index (χ1n) is 8.79. The Hall–Kier alpha value is -2.63. The average molecular weight is 336 g/mol. The lowest BCUT2D eigenvalue weighted by atomic mass is 9.94. The van der Waals surface area contributed by atoms with Gasteiger partial charge in [0, 0.05) is 25.5 Å². The number of hydrogen-bond acceptors (Lipinski definition) is 5. The normalized spacial score (nSPS) is 18.8. The molecule has 3 aromatic heterocycles. The van der Waals surface area contributed by atoms with Gasteiger partial charge in [-0.3, -0.25) is 4.40 Å². The summed E-state index contributed by atoms with van der Waals surface area (Å²) in [4.78, 5) is 23.5. The summed E-state index contributed by atoms with van der Waals surface area (Å²) in [6, 6.07) is 5.87. The number of piperidine rings is 1. The average Bonchev–Trinajstić information content (AvgIpc) is 3.21. The van der Waals surface area contributed by atoms with Gasteiger partial charge in [-0.25, -0.2) is 14.8 Å². The Morgan fingerprint density at radius 3 is 2.76 bits per heavy atom. The van der Waals surface area contributed by atoms with Crippen LogP contribution in [0, 0.1) is 5.41 Å². The maximum atomic E-state index is 11.8. The summed E-state index contributed by atoms with van der Waals surface area (Å²) >= 11 is 0. The van der Waals surface area contributed by atoms with Crippen molar-refractivity contribution in [1.29, 1.82) is 0 Å². The zero-order valence-electron chi connectivity index (χ0n) is 14.2. The maximum Gasteiger partial charge on any atom is 0.339 e. The minimum atomic E-state index is -0.390. The predicted octanol–water partition coefficient (Wildman–Crippen LogP) is 3.05. The summed E-state index contributed by atoms with van der Waals surface area (Å²) in [5, 5.41) is 0. The number of carbonyl (C=O) groups excluding carboxylic acids is 1. The van der Waals surface area contributed by atoms with E-state index in [4.69, 9.17) is 9.72 Å².